The Morgan fingerprint density at radius 3 is 2.94 bits per heavy atom. The van der Waals surface area contributed by atoms with Crippen molar-refractivity contribution in [2.45, 2.75) is 0 Å². The first-order valence-corrected chi connectivity index (χ1v) is 5.46. The first-order chi connectivity index (χ1) is 7.72. The standard InChI is InChI=1S/C12H13ClN2O/c1-15(6-7-16)12-4-5-14-11-3-2-9(13)8-10(11)12/h2-5,8,16H,6-7H2,1H3. The second kappa shape index (κ2) is 4.68. The van der Waals surface area contributed by atoms with Gasteiger partial charge in [0.2, 0.25) is 0 Å². The molecule has 0 saturated heterocycles. The summed E-state index contributed by atoms with van der Waals surface area (Å²) >= 11 is 5.98. The third-order valence-corrected chi connectivity index (χ3v) is 2.76. The van der Waals surface area contributed by atoms with Crippen LogP contribution in [0.5, 0.6) is 0 Å². The summed E-state index contributed by atoms with van der Waals surface area (Å²) < 4.78 is 0. The summed E-state index contributed by atoms with van der Waals surface area (Å²) in [6.07, 6.45) is 1.76. The minimum Gasteiger partial charge on any atom is -0.395 e. The fourth-order valence-electron chi connectivity index (χ4n) is 1.71. The molecule has 0 aliphatic carbocycles. The molecular weight excluding hydrogens is 224 g/mol. The third kappa shape index (κ3) is 2.10. The quantitative estimate of drug-likeness (QED) is 0.889. The van der Waals surface area contributed by atoms with E-state index < -0.39 is 0 Å². The van der Waals surface area contributed by atoms with E-state index in [0.717, 1.165) is 16.6 Å². The second-order valence-electron chi connectivity index (χ2n) is 3.64. The van der Waals surface area contributed by atoms with E-state index in [2.05, 4.69) is 4.98 Å². The Hall–Kier alpha value is -1.32. The molecule has 1 aromatic heterocycles. The molecular formula is C12H13ClN2O. The van der Waals surface area contributed by atoms with Crippen LogP contribution in [-0.2, 0) is 0 Å². The van der Waals surface area contributed by atoms with Crippen LogP contribution in [0, 0.1) is 0 Å². The number of halogens is 1. The van der Waals surface area contributed by atoms with Gasteiger partial charge in [-0.3, -0.25) is 4.98 Å². The Balaban J connectivity index is 2.55. The van der Waals surface area contributed by atoms with E-state index in [-0.39, 0.29) is 6.61 Å². The molecule has 0 unspecified atom stereocenters. The highest BCUT2D eigenvalue weighted by molar-refractivity contribution is 6.31. The number of aromatic nitrogens is 1. The van der Waals surface area contributed by atoms with Crippen LogP contribution in [0.15, 0.2) is 30.5 Å². The monoisotopic (exact) mass is 236 g/mol. The van der Waals surface area contributed by atoms with Crippen LogP contribution < -0.4 is 4.90 Å². The first-order valence-electron chi connectivity index (χ1n) is 5.08. The van der Waals surface area contributed by atoms with Gasteiger partial charge in [0.25, 0.3) is 0 Å². The van der Waals surface area contributed by atoms with Gasteiger partial charge in [-0.25, -0.2) is 0 Å². The predicted molar refractivity (Wildman–Crippen MR) is 67.1 cm³/mol. The topological polar surface area (TPSA) is 36.4 Å². The molecule has 0 radical (unpaired) electrons. The van der Waals surface area contributed by atoms with E-state index in [0.29, 0.717) is 11.6 Å². The summed E-state index contributed by atoms with van der Waals surface area (Å²) in [5.41, 5.74) is 1.94. The van der Waals surface area contributed by atoms with Gasteiger partial charge in [-0.15, -0.1) is 0 Å². The van der Waals surface area contributed by atoms with Crippen LogP contribution in [0.1, 0.15) is 0 Å². The lowest BCUT2D eigenvalue weighted by molar-refractivity contribution is 0.304. The lowest BCUT2D eigenvalue weighted by atomic mass is 10.2. The van der Waals surface area contributed by atoms with Crippen molar-refractivity contribution in [2.24, 2.45) is 0 Å². The fourth-order valence-corrected chi connectivity index (χ4v) is 1.88. The smallest absolute Gasteiger partial charge is 0.0723 e. The van der Waals surface area contributed by atoms with Gasteiger partial charge < -0.3 is 10.0 Å². The molecule has 0 amide bonds. The molecule has 4 heteroatoms. The van der Waals surface area contributed by atoms with Crippen LogP contribution in [0.4, 0.5) is 5.69 Å². The molecule has 0 atom stereocenters. The number of anilines is 1. The highest BCUT2D eigenvalue weighted by atomic mass is 35.5. The van der Waals surface area contributed by atoms with Gasteiger partial charge in [-0.05, 0) is 24.3 Å². The van der Waals surface area contributed by atoms with Crippen molar-refractivity contribution in [1.82, 2.24) is 4.98 Å². The maximum absolute atomic E-state index is 8.94. The van der Waals surface area contributed by atoms with Crippen molar-refractivity contribution in [3.05, 3.63) is 35.5 Å². The zero-order valence-electron chi connectivity index (χ0n) is 9.02. The van der Waals surface area contributed by atoms with Crippen LogP contribution in [-0.4, -0.2) is 30.3 Å². The molecule has 0 spiro atoms. The van der Waals surface area contributed by atoms with Crippen LogP contribution in [0.3, 0.4) is 0 Å². The van der Waals surface area contributed by atoms with E-state index in [4.69, 9.17) is 16.7 Å². The zero-order valence-corrected chi connectivity index (χ0v) is 9.78. The number of rotatable bonds is 3. The SMILES string of the molecule is CN(CCO)c1ccnc2ccc(Cl)cc12. The van der Waals surface area contributed by atoms with Gasteiger partial charge in [-0.2, -0.15) is 0 Å². The number of nitrogens with zero attached hydrogens (tertiary/aromatic N) is 2. The predicted octanol–water partition coefficient (Wildman–Crippen LogP) is 2.32. The molecule has 16 heavy (non-hydrogen) atoms. The molecule has 0 aliphatic heterocycles. The van der Waals surface area contributed by atoms with E-state index >= 15 is 0 Å². The molecule has 2 rings (SSSR count). The molecule has 1 heterocycles. The van der Waals surface area contributed by atoms with Gasteiger partial charge in [0.05, 0.1) is 12.1 Å². The second-order valence-corrected chi connectivity index (χ2v) is 4.07. The lowest BCUT2D eigenvalue weighted by Gasteiger charge is -2.19. The largest absolute Gasteiger partial charge is 0.395 e. The van der Waals surface area contributed by atoms with E-state index in [1.54, 1.807) is 6.20 Å². The van der Waals surface area contributed by atoms with Crippen molar-refractivity contribution >= 4 is 28.2 Å². The average Bonchev–Trinajstić information content (AvgIpc) is 2.28. The summed E-state index contributed by atoms with van der Waals surface area (Å²) in [7, 11) is 1.94. The molecule has 0 aliphatic rings. The Kier molecular flexibility index (Phi) is 3.27. The normalized spacial score (nSPS) is 10.7. The number of hydrogen-bond donors (Lipinski definition) is 1. The minimum atomic E-state index is 0.126. The molecule has 84 valence electrons. The highest BCUT2D eigenvalue weighted by Crippen LogP contribution is 2.26. The van der Waals surface area contributed by atoms with Gasteiger partial charge in [0, 0.05) is 35.9 Å². The summed E-state index contributed by atoms with van der Waals surface area (Å²) in [5.74, 6) is 0. The fraction of sp³-hybridized carbons (Fsp3) is 0.250. The zero-order chi connectivity index (χ0) is 11.5. The molecule has 3 nitrogen and oxygen atoms in total. The molecule has 2 aromatic rings. The van der Waals surface area contributed by atoms with E-state index in [1.807, 2.05) is 36.2 Å². The Labute approximate surface area is 99.3 Å². The minimum absolute atomic E-state index is 0.126. The highest BCUT2D eigenvalue weighted by Gasteiger charge is 2.06. The number of hydrogen-bond acceptors (Lipinski definition) is 3. The van der Waals surface area contributed by atoms with Crippen molar-refractivity contribution in [1.29, 1.82) is 0 Å². The van der Waals surface area contributed by atoms with Crippen molar-refractivity contribution in [2.75, 3.05) is 25.1 Å². The summed E-state index contributed by atoms with van der Waals surface area (Å²) in [4.78, 5) is 6.26. The Morgan fingerprint density at radius 1 is 1.38 bits per heavy atom. The first kappa shape index (κ1) is 11.2. The maximum Gasteiger partial charge on any atom is 0.0723 e. The van der Waals surface area contributed by atoms with E-state index in [1.165, 1.54) is 0 Å². The van der Waals surface area contributed by atoms with Crippen molar-refractivity contribution < 1.29 is 5.11 Å². The van der Waals surface area contributed by atoms with Gasteiger partial charge in [-0.1, -0.05) is 11.6 Å². The van der Waals surface area contributed by atoms with Gasteiger partial charge in [0.1, 0.15) is 0 Å². The summed E-state index contributed by atoms with van der Waals surface area (Å²) in [5, 5.41) is 10.6. The molecule has 1 aromatic carbocycles. The van der Waals surface area contributed by atoms with Crippen LogP contribution in [0.25, 0.3) is 10.9 Å². The molecule has 0 saturated carbocycles. The summed E-state index contributed by atoms with van der Waals surface area (Å²) in [6.45, 7) is 0.715. The van der Waals surface area contributed by atoms with Gasteiger partial charge >= 0.3 is 0 Å². The third-order valence-electron chi connectivity index (χ3n) is 2.53. The Morgan fingerprint density at radius 2 is 2.19 bits per heavy atom. The van der Waals surface area contributed by atoms with Crippen molar-refractivity contribution in [3.63, 3.8) is 0 Å². The number of pyridine rings is 1. The van der Waals surface area contributed by atoms with Gasteiger partial charge in [0.15, 0.2) is 0 Å². The number of aliphatic hydroxyl groups is 1. The summed E-state index contributed by atoms with van der Waals surface area (Å²) in [6, 6.07) is 7.54. The number of benzene rings is 1. The Bertz CT molecular complexity index is 501. The molecule has 0 fully saturated rings. The van der Waals surface area contributed by atoms with Crippen molar-refractivity contribution in [3.8, 4) is 0 Å². The number of likely N-dealkylation sites (N-methyl/N-ethyl adjacent to an activating group) is 1. The molecule has 1 N–H and O–H groups in total. The lowest BCUT2D eigenvalue weighted by Crippen LogP contribution is -2.21. The number of fused-ring (bicyclic) bond motifs is 1. The molecule has 0 bridgehead atoms. The van der Waals surface area contributed by atoms with E-state index in [9.17, 15) is 0 Å². The maximum atomic E-state index is 8.94. The van der Waals surface area contributed by atoms with Crippen LogP contribution >= 0.6 is 11.6 Å². The number of aliphatic hydroxyl groups excluding tert-OH is 1. The average molecular weight is 237 g/mol. The van der Waals surface area contributed by atoms with Crippen LogP contribution in [0.2, 0.25) is 5.02 Å².